The lowest BCUT2D eigenvalue weighted by Crippen LogP contribution is -2.35. The van der Waals surface area contributed by atoms with E-state index in [1.54, 1.807) is 18.3 Å². The van der Waals surface area contributed by atoms with Crippen molar-refractivity contribution in [1.29, 1.82) is 0 Å². The van der Waals surface area contributed by atoms with Gasteiger partial charge < -0.3 is 20.5 Å². The standard InChI is InChI=1S/C18H15F3N4O2.C2H4O2/c19-18(20,21)12-4-1-3-10-14(7-8-27-16(10)12)24-17(26)23-13-5-2-6-15-11(13)9-22-25-15;1-2(3)4/h1-6,9,14H,7-8H2,(H,22,25)(H2,23,24,26);1H3,(H,3,4). The highest BCUT2D eigenvalue weighted by Gasteiger charge is 2.37. The average molecular weight is 436 g/mol. The molecule has 164 valence electrons. The lowest BCUT2D eigenvalue weighted by atomic mass is 9.97. The Labute approximate surface area is 174 Å². The number of carboxylic acid groups (broad SMARTS) is 1. The summed E-state index contributed by atoms with van der Waals surface area (Å²) in [5, 5.41) is 20.3. The summed E-state index contributed by atoms with van der Waals surface area (Å²) in [5.74, 6) is -1.06. The molecule has 2 aromatic carbocycles. The van der Waals surface area contributed by atoms with Gasteiger partial charge in [-0.3, -0.25) is 9.89 Å². The number of para-hydroxylation sites is 1. The lowest BCUT2D eigenvalue weighted by molar-refractivity contribution is -0.139. The Morgan fingerprint density at radius 2 is 1.94 bits per heavy atom. The number of aromatic nitrogens is 2. The van der Waals surface area contributed by atoms with Crippen LogP contribution in [0.4, 0.5) is 23.7 Å². The number of fused-ring (bicyclic) bond motifs is 2. The van der Waals surface area contributed by atoms with Crippen molar-refractivity contribution in [3.8, 4) is 5.75 Å². The SMILES string of the molecule is CC(=O)O.O=C(Nc1cccc2[nH]ncc12)NC1CCOc2c1cccc2C(F)(F)F. The van der Waals surface area contributed by atoms with E-state index in [0.29, 0.717) is 17.7 Å². The molecule has 2 amide bonds. The van der Waals surface area contributed by atoms with E-state index >= 15 is 0 Å². The molecule has 4 N–H and O–H groups in total. The summed E-state index contributed by atoms with van der Waals surface area (Å²) < 4.78 is 44.8. The van der Waals surface area contributed by atoms with Gasteiger partial charge in [0.1, 0.15) is 5.75 Å². The van der Waals surface area contributed by atoms with Crippen molar-refractivity contribution in [2.75, 3.05) is 11.9 Å². The minimum Gasteiger partial charge on any atom is -0.492 e. The third-order valence-corrected chi connectivity index (χ3v) is 4.42. The van der Waals surface area contributed by atoms with E-state index in [9.17, 15) is 18.0 Å². The van der Waals surface area contributed by atoms with Gasteiger partial charge in [-0.1, -0.05) is 18.2 Å². The van der Waals surface area contributed by atoms with E-state index < -0.39 is 29.8 Å². The number of aliphatic carboxylic acids is 1. The van der Waals surface area contributed by atoms with Crippen LogP contribution in [0, 0.1) is 0 Å². The van der Waals surface area contributed by atoms with Crippen molar-refractivity contribution >= 4 is 28.6 Å². The van der Waals surface area contributed by atoms with Gasteiger partial charge in [0.2, 0.25) is 0 Å². The maximum atomic E-state index is 13.2. The molecule has 3 aromatic rings. The molecular formula is C20H19F3N4O4. The number of anilines is 1. The summed E-state index contributed by atoms with van der Waals surface area (Å²) in [6.45, 7) is 1.17. The van der Waals surface area contributed by atoms with Crippen LogP contribution in [0.3, 0.4) is 0 Å². The Kier molecular flexibility index (Phi) is 6.33. The Bertz CT molecular complexity index is 1090. The van der Waals surface area contributed by atoms with Gasteiger partial charge in [-0.15, -0.1) is 0 Å². The van der Waals surface area contributed by atoms with Crippen LogP contribution < -0.4 is 15.4 Å². The maximum absolute atomic E-state index is 13.2. The molecule has 1 aliphatic heterocycles. The quantitative estimate of drug-likeness (QED) is 0.478. The lowest BCUT2D eigenvalue weighted by Gasteiger charge is -2.28. The minimum absolute atomic E-state index is 0.0857. The predicted octanol–water partition coefficient (Wildman–Crippen LogP) is 4.32. The first kappa shape index (κ1) is 21.9. The highest BCUT2D eigenvalue weighted by Crippen LogP contribution is 2.42. The molecule has 0 saturated heterocycles. The number of carbonyl (C=O) groups excluding carboxylic acids is 1. The van der Waals surface area contributed by atoms with Gasteiger partial charge in [0.25, 0.3) is 5.97 Å². The third-order valence-electron chi connectivity index (χ3n) is 4.42. The van der Waals surface area contributed by atoms with Crippen molar-refractivity contribution in [2.24, 2.45) is 0 Å². The van der Waals surface area contributed by atoms with Gasteiger partial charge in [-0.25, -0.2) is 4.79 Å². The molecule has 2 heterocycles. The van der Waals surface area contributed by atoms with E-state index in [1.165, 1.54) is 12.1 Å². The Morgan fingerprint density at radius 1 is 1.23 bits per heavy atom. The summed E-state index contributed by atoms with van der Waals surface area (Å²) in [5.41, 5.74) is 0.789. The first-order valence-electron chi connectivity index (χ1n) is 9.19. The number of amides is 2. The number of aromatic amines is 1. The number of alkyl halides is 3. The number of hydrogen-bond acceptors (Lipinski definition) is 4. The number of rotatable bonds is 2. The van der Waals surface area contributed by atoms with Gasteiger partial charge >= 0.3 is 12.2 Å². The number of nitrogens with one attached hydrogen (secondary N) is 3. The molecule has 1 aromatic heterocycles. The molecular weight excluding hydrogens is 417 g/mol. The molecule has 0 fully saturated rings. The number of carbonyl (C=O) groups is 2. The fourth-order valence-corrected chi connectivity index (χ4v) is 3.19. The zero-order valence-corrected chi connectivity index (χ0v) is 16.3. The highest BCUT2D eigenvalue weighted by atomic mass is 19.4. The summed E-state index contributed by atoms with van der Waals surface area (Å²) in [7, 11) is 0. The predicted molar refractivity (Wildman–Crippen MR) is 106 cm³/mol. The second-order valence-electron chi connectivity index (χ2n) is 6.67. The van der Waals surface area contributed by atoms with Crippen LogP contribution in [-0.2, 0) is 11.0 Å². The monoisotopic (exact) mass is 436 g/mol. The van der Waals surface area contributed by atoms with Crippen LogP contribution in [0.15, 0.2) is 42.6 Å². The number of nitrogens with zero attached hydrogens (tertiary/aromatic N) is 1. The number of halogens is 3. The van der Waals surface area contributed by atoms with E-state index in [-0.39, 0.29) is 12.4 Å². The van der Waals surface area contributed by atoms with Crippen LogP contribution in [0.1, 0.15) is 30.5 Å². The zero-order valence-electron chi connectivity index (χ0n) is 16.3. The highest BCUT2D eigenvalue weighted by molar-refractivity contribution is 6.00. The van der Waals surface area contributed by atoms with Crippen molar-refractivity contribution in [1.82, 2.24) is 15.5 Å². The van der Waals surface area contributed by atoms with Crippen LogP contribution in [0.5, 0.6) is 5.75 Å². The Hall–Kier alpha value is -3.76. The Morgan fingerprint density at radius 3 is 2.65 bits per heavy atom. The second-order valence-corrected chi connectivity index (χ2v) is 6.67. The number of ether oxygens (including phenoxy) is 1. The number of benzene rings is 2. The zero-order chi connectivity index (χ0) is 22.6. The Balaban J connectivity index is 0.000000628. The van der Waals surface area contributed by atoms with Gasteiger partial charge in [-0.2, -0.15) is 18.3 Å². The smallest absolute Gasteiger partial charge is 0.419 e. The van der Waals surface area contributed by atoms with E-state index in [2.05, 4.69) is 20.8 Å². The first-order valence-corrected chi connectivity index (χ1v) is 9.19. The van der Waals surface area contributed by atoms with Crippen LogP contribution in [0.2, 0.25) is 0 Å². The van der Waals surface area contributed by atoms with Crippen LogP contribution in [-0.4, -0.2) is 33.9 Å². The maximum Gasteiger partial charge on any atom is 0.419 e. The third kappa shape index (κ3) is 5.24. The first-order chi connectivity index (χ1) is 14.7. The van der Waals surface area contributed by atoms with E-state index in [1.807, 2.05) is 6.07 Å². The van der Waals surface area contributed by atoms with Crippen molar-refractivity contribution in [2.45, 2.75) is 25.6 Å². The van der Waals surface area contributed by atoms with E-state index in [0.717, 1.165) is 23.9 Å². The molecule has 4 rings (SSSR count). The number of carboxylic acids is 1. The van der Waals surface area contributed by atoms with Gasteiger partial charge in [0.15, 0.2) is 0 Å². The van der Waals surface area contributed by atoms with E-state index in [4.69, 9.17) is 14.6 Å². The number of hydrogen-bond donors (Lipinski definition) is 4. The average Bonchev–Trinajstić information content (AvgIpc) is 3.16. The topological polar surface area (TPSA) is 116 Å². The summed E-state index contributed by atoms with van der Waals surface area (Å²) in [4.78, 5) is 21.4. The molecule has 0 aliphatic carbocycles. The minimum atomic E-state index is -4.52. The van der Waals surface area contributed by atoms with Gasteiger partial charge in [-0.05, 0) is 18.2 Å². The molecule has 0 radical (unpaired) electrons. The molecule has 0 saturated carbocycles. The largest absolute Gasteiger partial charge is 0.492 e. The summed E-state index contributed by atoms with van der Waals surface area (Å²) >= 11 is 0. The normalized spacial score (nSPS) is 15.2. The molecule has 8 nitrogen and oxygen atoms in total. The molecule has 11 heteroatoms. The fourth-order valence-electron chi connectivity index (χ4n) is 3.19. The van der Waals surface area contributed by atoms with Crippen LogP contribution in [0.25, 0.3) is 10.9 Å². The van der Waals surface area contributed by atoms with Crippen molar-refractivity contribution in [3.05, 3.63) is 53.7 Å². The molecule has 0 bridgehead atoms. The van der Waals surface area contributed by atoms with Gasteiger partial charge in [0, 0.05) is 24.3 Å². The summed E-state index contributed by atoms with van der Waals surface area (Å²) in [6, 6.07) is 8.02. The molecule has 1 unspecified atom stereocenters. The number of urea groups is 1. The molecule has 0 spiro atoms. The van der Waals surface area contributed by atoms with Gasteiger partial charge in [0.05, 0.1) is 35.6 Å². The second kappa shape index (κ2) is 8.94. The molecule has 1 atom stereocenters. The number of H-pyrrole nitrogens is 1. The van der Waals surface area contributed by atoms with Crippen molar-refractivity contribution < 1.29 is 32.6 Å². The van der Waals surface area contributed by atoms with Crippen molar-refractivity contribution in [3.63, 3.8) is 0 Å². The summed E-state index contributed by atoms with van der Waals surface area (Å²) in [6.07, 6.45) is -2.56. The molecule has 31 heavy (non-hydrogen) atoms. The molecule has 1 aliphatic rings. The van der Waals surface area contributed by atoms with Crippen LogP contribution >= 0.6 is 0 Å². The fraction of sp³-hybridized carbons (Fsp3) is 0.250.